The Hall–Kier alpha value is -3.09. The van der Waals surface area contributed by atoms with Gasteiger partial charge in [-0.15, -0.1) is 0 Å². The van der Waals surface area contributed by atoms with Crippen molar-refractivity contribution in [2.24, 2.45) is 0 Å². The molecule has 0 spiro atoms. The first kappa shape index (κ1) is 14.5. The lowest BCUT2D eigenvalue weighted by Crippen LogP contribution is -2.31. The molecule has 0 bridgehead atoms. The third-order valence-electron chi connectivity index (χ3n) is 4.26. The summed E-state index contributed by atoms with van der Waals surface area (Å²) in [6.45, 7) is 0.858. The predicted octanol–water partition coefficient (Wildman–Crippen LogP) is 2.83. The quantitative estimate of drug-likeness (QED) is 0.756. The van der Waals surface area contributed by atoms with Crippen LogP contribution in [0.25, 0.3) is 10.9 Å². The minimum Gasteiger partial charge on any atom is -0.465 e. The van der Waals surface area contributed by atoms with E-state index < -0.39 is 6.09 Å². The molecule has 0 aliphatic carbocycles. The maximum atomic E-state index is 11.2. The van der Waals surface area contributed by atoms with Crippen LogP contribution in [0.4, 0.5) is 4.79 Å². The minimum atomic E-state index is -0.906. The molecule has 0 saturated heterocycles. The molecule has 7 heteroatoms. The Morgan fingerprint density at radius 1 is 1.21 bits per heavy atom. The highest BCUT2D eigenvalue weighted by Crippen LogP contribution is 2.28. The summed E-state index contributed by atoms with van der Waals surface area (Å²) in [5, 5.41) is 10.2. The fraction of sp³-hybridized carbons (Fsp3) is 0.235. The van der Waals surface area contributed by atoms with Gasteiger partial charge in [-0.25, -0.2) is 14.8 Å². The molecule has 0 unspecified atom stereocenters. The van der Waals surface area contributed by atoms with Crippen molar-refractivity contribution in [3.8, 4) is 11.6 Å². The van der Waals surface area contributed by atoms with Gasteiger partial charge in [0.15, 0.2) is 0 Å². The number of aromatic nitrogens is 3. The predicted molar refractivity (Wildman–Crippen MR) is 87.4 cm³/mol. The Bertz CT molecular complexity index is 906. The second-order valence-corrected chi connectivity index (χ2v) is 5.70. The van der Waals surface area contributed by atoms with Gasteiger partial charge in [0.2, 0.25) is 5.88 Å². The summed E-state index contributed by atoms with van der Waals surface area (Å²) in [4.78, 5) is 24.3. The number of carboxylic acid groups (broad SMARTS) is 1. The van der Waals surface area contributed by atoms with Crippen molar-refractivity contribution < 1.29 is 14.6 Å². The summed E-state index contributed by atoms with van der Waals surface area (Å²) < 4.78 is 5.97. The maximum Gasteiger partial charge on any atom is 0.407 e. The molecule has 0 atom stereocenters. The van der Waals surface area contributed by atoms with Crippen LogP contribution in [0.3, 0.4) is 0 Å². The van der Waals surface area contributed by atoms with E-state index in [9.17, 15) is 9.90 Å². The first-order valence-corrected chi connectivity index (χ1v) is 7.76. The molecule has 1 aromatic carbocycles. The number of nitrogens with zero attached hydrogens (tertiary/aromatic N) is 3. The normalized spacial score (nSPS) is 14.2. The van der Waals surface area contributed by atoms with Gasteiger partial charge in [0.25, 0.3) is 0 Å². The average molecular weight is 324 g/mol. The largest absolute Gasteiger partial charge is 0.465 e. The zero-order valence-electron chi connectivity index (χ0n) is 12.9. The van der Waals surface area contributed by atoms with E-state index in [2.05, 4.69) is 15.0 Å². The van der Waals surface area contributed by atoms with E-state index in [-0.39, 0.29) is 0 Å². The van der Waals surface area contributed by atoms with E-state index in [0.29, 0.717) is 37.6 Å². The van der Waals surface area contributed by atoms with E-state index in [1.807, 2.05) is 30.5 Å². The first-order chi connectivity index (χ1) is 11.7. The van der Waals surface area contributed by atoms with Gasteiger partial charge >= 0.3 is 6.09 Å². The lowest BCUT2D eigenvalue weighted by molar-refractivity contribution is 0.147. The van der Waals surface area contributed by atoms with Crippen molar-refractivity contribution >= 4 is 17.0 Å². The Kier molecular flexibility index (Phi) is 3.53. The molecule has 24 heavy (non-hydrogen) atoms. The number of hydrogen-bond donors (Lipinski definition) is 2. The van der Waals surface area contributed by atoms with Gasteiger partial charge in [-0.3, -0.25) is 0 Å². The molecule has 0 radical (unpaired) electrons. The van der Waals surface area contributed by atoms with Gasteiger partial charge in [-0.05, 0) is 30.7 Å². The molecule has 0 saturated carbocycles. The van der Waals surface area contributed by atoms with Gasteiger partial charge in [-0.1, -0.05) is 0 Å². The number of ether oxygens (including phenoxy) is 1. The lowest BCUT2D eigenvalue weighted by Gasteiger charge is -2.15. The third kappa shape index (κ3) is 2.64. The van der Waals surface area contributed by atoms with Gasteiger partial charge in [0.1, 0.15) is 12.1 Å². The van der Waals surface area contributed by atoms with Crippen LogP contribution in [0, 0.1) is 0 Å². The minimum absolute atomic E-state index is 0.420. The maximum absolute atomic E-state index is 11.2. The fourth-order valence-electron chi connectivity index (χ4n) is 2.98. The van der Waals surface area contributed by atoms with Crippen LogP contribution in [-0.4, -0.2) is 44.1 Å². The number of aromatic amines is 1. The molecule has 7 nitrogen and oxygen atoms in total. The molecule has 2 N–H and O–H groups in total. The fourth-order valence-corrected chi connectivity index (χ4v) is 2.98. The van der Waals surface area contributed by atoms with Crippen molar-refractivity contribution in [3.63, 3.8) is 0 Å². The highest BCUT2D eigenvalue weighted by molar-refractivity contribution is 5.80. The van der Waals surface area contributed by atoms with Gasteiger partial charge in [-0.2, -0.15) is 0 Å². The summed E-state index contributed by atoms with van der Waals surface area (Å²) in [7, 11) is 0. The first-order valence-electron chi connectivity index (χ1n) is 7.76. The summed E-state index contributed by atoms with van der Waals surface area (Å²) in [5.74, 6) is 1.20. The van der Waals surface area contributed by atoms with Crippen LogP contribution in [0.5, 0.6) is 11.6 Å². The van der Waals surface area contributed by atoms with Gasteiger partial charge in [0.05, 0.1) is 5.69 Å². The molecular weight excluding hydrogens is 308 g/mol. The lowest BCUT2D eigenvalue weighted by atomic mass is 10.1. The standard InChI is InChI=1S/C17H16N4O3/c22-17(23)21-7-4-13-15(5-8-21)19-10-20-16(13)24-12-1-2-14-11(9-12)3-6-18-14/h1-3,6,9-10,18H,4-5,7-8H2,(H,22,23). The zero-order chi connectivity index (χ0) is 16.5. The molecule has 3 heterocycles. The number of fused-ring (bicyclic) bond motifs is 2. The number of carbonyl (C=O) groups is 1. The smallest absolute Gasteiger partial charge is 0.407 e. The number of H-pyrrole nitrogens is 1. The Morgan fingerprint density at radius 2 is 2.08 bits per heavy atom. The summed E-state index contributed by atoms with van der Waals surface area (Å²) >= 11 is 0. The zero-order valence-corrected chi connectivity index (χ0v) is 12.9. The molecule has 2 aromatic heterocycles. The second-order valence-electron chi connectivity index (χ2n) is 5.70. The van der Waals surface area contributed by atoms with Crippen LogP contribution >= 0.6 is 0 Å². The van der Waals surface area contributed by atoms with E-state index in [4.69, 9.17) is 4.74 Å². The number of hydrogen-bond acceptors (Lipinski definition) is 4. The van der Waals surface area contributed by atoms with E-state index in [1.54, 1.807) is 0 Å². The van der Waals surface area contributed by atoms with Crippen LogP contribution in [0.1, 0.15) is 11.3 Å². The van der Waals surface area contributed by atoms with Crippen LogP contribution in [0.2, 0.25) is 0 Å². The van der Waals surface area contributed by atoms with E-state index in [0.717, 1.165) is 22.2 Å². The number of amides is 1. The topological polar surface area (TPSA) is 91.3 Å². The molecule has 1 aliphatic rings. The highest BCUT2D eigenvalue weighted by Gasteiger charge is 2.22. The number of benzene rings is 1. The van der Waals surface area contributed by atoms with Crippen molar-refractivity contribution in [1.29, 1.82) is 0 Å². The Balaban J connectivity index is 1.64. The molecule has 4 rings (SSSR count). The van der Waals surface area contributed by atoms with E-state index in [1.165, 1.54) is 11.2 Å². The third-order valence-corrected chi connectivity index (χ3v) is 4.26. The average Bonchev–Trinajstić information content (AvgIpc) is 2.92. The summed E-state index contributed by atoms with van der Waals surface area (Å²) in [6, 6.07) is 7.76. The monoisotopic (exact) mass is 324 g/mol. The van der Waals surface area contributed by atoms with Crippen molar-refractivity contribution in [1.82, 2.24) is 19.9 Å². The molecule has 3 aromatic rings. The van der Waals surface area contributed by atoms with Crippen LogP contribution < -0.4 is 4.74 Å². The van der Waals surface area contributed by atoms with E-state index >= 15 is 0 Å². The van der Waals surface area contributed by atoms with Gasteiger partial charge < -0.3 is 19.7 Å². The Morgan fingerprint density at radius 3 is 2.96 bits per heavy atom. The second kappa shape index (κ2) is 5.84. The van der Waals surface area contributed by atoms with Crippen LogP contribution in [-0.2, 0) is 12.8 Å². The van der Waals surface area contributed by atoms with Crippen LogP contribution in [0.15, 0.2) is 36.8 Å². The Labute approximate surface area is 137 Å². The van der Waals surface area contributed by atoms with Crippen molar-refractivity contribution in [2.45, 2.75) is 12.8 Å². The number of rotatable bonds is 2. The molecule has 1 aliphatic heterocycles. The molecule has 122 valence electrons. The molecular formula is C17H16N4O3. The number of nitrogens with one attached hydrogen (secondary N) is 1. The van der Waals surface area contributed by atoms with Crippen molar-refractivity contribution in [2.75, 3.05) is 13.1 Å². The van der Waals surface area contributed by atoms with Gasteiger partial charge in [0, 0.05) is 42.2 Å². The SMILES string of the molecule is O=C(O)N1CCc2ncnc(Oc3ccc4[nH]ccc4c3)c2CC1. The molecule has 0 fully saturated rings. The van der Waals surface area contributed by atoms with Crippen molar-refractivity contribution in [3.05, 3.63) is 48.0 Å². The summed E-state index contributed by atoms with van der Waals surface area (Å²) in [5.41, 5.74) is 2.78. The molecule has 1 amide bonds. The summed E-state index contributed by atoms with van der Waals surface area (Å²) in [6.07, 6.45) is 3.56. The highest BCUT2D eigenvalue weighted by atomic mass is 16.5.